The first kappa shape index (κ1) is 20.8. The van der Waals surface area contributed by atoms with E-state index in [1.807, 2.05) is 23.7 Å². The Bertz CT molecular complexity index is 853. The van der Waals surface area contributed by atoms with Crippen LogP contribution < -0.4 is 15.5 Å². The maximum atomic E-state index is 12.7. The van der Waals surface area contributed by atoms with Crippen LogP contribution in [0, 0.1) is 0 Å². The minimum Gasteiger partial charge on any atom is -0.372 e. The first-order valence-electron chi connectivity index (χ1n) is 11.3. The third-order valence-electron chi connectivity index (χ3n) is 6.13. The highest BCUT2D eigenvalue weighted by atomic mass is 16.2. The lowest BCUT2D eigenvalue weighted by atomic mass is 10.1. The van der Waals surface area contributed by atoms with Crippen LogP contribution >= 0.6 is 0 Å². The number of benzene rings is 1. The number of piperidine rings is 1. The lowest BCUT2D eigenvalue weighted by Crippen LogP contribution is -2.47. The second-order valence-electron chi connectivity index (χ2n) is 8.93. The maximum Gasteiger partial charge on any atom is 0.241 e. The van der Waals surface area contributed by atoms with Gasteiger partial charge in [-0.25, -0.2) is 9.67 Å². The summed E-state index contributed by atoms with van der Waals surface area (Å²) in [6.45, 7) is 9.16. The molecule has 2 aliphatic heterocycles. The Morgan fingerprint density at radius 2 is 1.83 bits per heavy atom. The molecule has 2 unspecified atom stereocenters. The number of carbonyl (C=O) groups excluding carboxylic acids is 1. The second kappa shape index (κ2) is 9.16. The summed E-state index contributed by atoms with van der Waals surface area (Å²) in [4.78, 5) is 19.8. The highest BCUT2D eigenvalue weighted by Crippen LogP contribution is 2.22. The molecule has 3 heterocycles. The topological polar surface area (TPSA) is 75.1 Å². The van der Waals surface area contributed by atoms with Crippen LogP contribution in [0.5, 0.6) is 0 Å². The fourth-order valence-electron chi connectivity index (χ4n) is 4.30. The second-order valence-corrected chi connectivity index (χ2v) is 8.93. The smallest absolute Gasteiger partial charge is 0.241 e. The number of hydrogen-bond acceptors (Lipinski definition) is 5. The zero-order valence-corrected chi connectivity index (χ0v) is 18.4. The lowest BCUT2D eigenvalue weighted by molar-refractivity contribution is -0.118. The summed E-state index contributed by atoms with van der Waals surface area (Å²) in [6.07, 6.45) is 5.71. The van der Waals surface area contributed by atoms with Gasteiger partial charge in [-0.15, -0.1) is 0 Å². The molecule has 2 aliphatic rings. The van der Waals surface area contributed by atoms with Crippen molar-refractivity contribution in [2.75, 3.05) is 23.3 Å². The van der Waals surface area contributed by atoms with E-state index >= 15 is 0 Å². The average Bonchev–Trinajstić information content (AvgIpc) is 3.19. The molecule has 1 aromatic carbocycles. The number of amides is 1. The minimum atomic E-state index is -0.272. The maximum absolute atomic E-state index is 12.7. The number of fused-ring (bicyclic) bond motifs is 1. The Labute approximate surface area is 179 Å². The number of nitrogens with one attached hydrogen (secondary N) is 2. The molecule has 162 valence electrons. The van der Waals surface area contributed by atoms with Gasteiger partial charge >= 0.3 is 0 Å². The third kappa shape index (κ3) is 4.83. The van der Waals surface area contributed by atoms with Crippen LogP contribution in [0.2, 0.25) is 0 Å². The molecule has 7 nitrogen and oxygen atoms in total. The number of anilines is 2. The van der Waals surface area contributed by atoms with E-state index in [1.165, 1.54) is 24.9 Å². The molecule has 1 amide bonds. The molecule has 1 saturated heterocycles. The van der Waals surface area contributed by atoms with Crippen LogP contribution in [-0.4, -0.2) is 45.8 Å². The first-order valence-corrected chi connectivity index (χ1v) is 11.3. The van der Waals surface area contributed by atoms with Crippen molar-refractivity contribution in [1.82, 2.24) is 20.1 Å². The number of aromatic nitrogens is 3. The van der Waals surface area contributed by atoms with Gasteiger partial charge in [-0.3, -0.25) is 4.79 Å². The van der Waals surface area contributed by atoms with Gasteiger partial charge in [0.2, 0.25) is 5.91 Å². The molecule has 7 heteroatoms. The molecule has 0 aliphatic carbocycles. The minimum absolute atomic E-state index is 0.00650. The number of aryl methyl sites for hydroxylation is 1. The van der Waals surface area contributed by atoms with Gasteiger partial charge in [-0.05, 0) is 56.9 Å². The summed E-state index contributed by atoms with van der Waals surface area (Å²) in [5, 5.41) is 11.1. The van der Waals surface area contributed by atoms with Gasteiger partial charge in [0.1, 0.15) is 5.82 Å². The molecule has 2 atom stereocenters. The van der Waals surface area contributed by atoms with Crippen LogP contribution in [0.15, 0.2) is 24.3 Å². The van der Waals surface area contributed by atoms with Crippen LogP contribution in [0.1, 0.15) is 64.0 Å². The van der Waals surface area contributed by atoms with Crippen molar-refractivity contribution in [1.29, 1.82) is 0 Å². The van der Waals surface area contributed by atoms with E-state index in [2.05, 4.69) is 51.6 Å². The molecule has 1 fully saturated rings. The van der Waals surface area contributed by atoms with E-state index < -0.39 is 0 Å². The highest BCUT2D eigenvalue weighted by Gasteiger charge is 2.25. The van der Waals surface area contributed by atoms with Crippen LogP contribution in [-0.2, 0) is 17.8 Å². The van der Waals surface area contributed by atoms with Gasteiger partial charge in [-0.1, -0.05) is 13.8 Å². The van der Waals surface area contributed by atoms with Crippen molar-refractivity contribution in [3.63, 3.8) is 0 Å². The molecule has 0 radical (unpaired) electrons. The Balaban J connectivity index is 1.29. The van der Waals surface area contributed by atoms with Crippen LogP contribution in [0.4, 0.5) is 11.4 Å². The van der Waals surface area contributed by atoms with Crippen molar-refractivity contribution in [2.45, 2.75) is 77.4 Å². The molecular formula is C23H34N6O. The summed E-state index contributed by atoms with van der Waals surface area (Å²) < 4.78 is 2.00. The van der Waals surface area contributed by atoms with Gasteiger partial charge in [0.05, 0.1) is 12.6 Å². The van der Waals surface area contributed by atoms with E-state index in [0.717, 1.165) is 49.8 Å². The molecule has 30 heavy (non-hydrogen) atoms. The van der Waals surface area contributed by atoms with E-state index in [1.54, 1.807) is 0 Å². The normalized spacial score (nSPS) is 20.1. The fraction of sp³-hybridized carbons (Fsp3) is 0.609. The van der Waals surface area contributed by atoms with Crippen molar-refractivity contribution in [2.24, 2.45) is 0 Å². The molecule has 1 aromatic heterocycles. The highest BCUT2D eigenvalue weighted by molar-refractivity contribution is 5.94. The van der Waals surface area contributed by atoms with Gasteiger partial charge in [0.15, 0.2) is 5.82 Å². The van der Waals surface area contributed by atoms with Gasteiger partial charge < -0.3 is 15.5 Å². The van der Waals surface area contributed by atoms with Gasteiger partial charge in [0.25, 0.3) is 0 Å². The van der Waals surface area contributed by atoms with Crippen molar-refractivity contribution in [3.05, 3.63) is 35.9 Å². The standard InChI is InChI=1S/C23H34N6O/c1-16(2)22-26-21-12-9-19(15-29(21)27-22)24-17(3)23(30)25-18-7-10-20(11-8-18)28-13-5-4-6-14-28/h7-8,10-11,16-17,19,24H,4-6,9,12-15H2,1-3H3,(H,25,30). The molecule has 2 N–H and O–H groups in total. The zero-order valence-electron chi connectivity index (χ0n) is 18.4. The van der Waals surface area contributed by atoms with Gasteiger partial charge in [0, 0.05) is 42.8 Å². The van der Waals surface area contributed by atoms with E-state index in [4.69, 9.17) is 0 Å². The van der Waals surface area contributed by atoms with E-state index in [9.17, 15) is 4.79 Å². The van der Waals surface area contributed by atoms with E-state index in [0.29, 0.717) is 5.92 Å². The molecular weight excluding hydrogens is 376 g/mol. The Morgan fingerprint density at radius 3 is 2.53 bits per heavy atom. The van der Waals surface area contributed by atoms with Crippen molar-refractivity contribution in [3.8, 4) is 0 Å². The monoisotopic (exact) mass is 410 g/mol. The number of carbonyl (C=O) groups is 1. The zero-order chi connectivity index (χ0) is 21.1. The summed E-state index contributed by atoms with van der Waals surface area (Å²) in [5.74, 6) is 2.29. The predicted octanol–water partition coefficient (Wildman–Crippen LogP) is 3.32. The number of nitrogens with zero attached hydrogens (tertiary/aromatic N) is 4. The van der Waals surface area contributed by atoms with Gasteiger partial charge in [-0.2, -0.15) is 5.10 Å². The molecule has 4 rings (SSSR count). The Hall–Kier alpha value is -2.41. The Kier molecular flexibility index (Phi) is 6.37. The van der Waals surface area contributed by atoms with Crippen LogP contribution in [0.3, 0.4) is 0 Å². The average molecular weight is 411 g/mol. The predicted molar refractivity (Wildman–Crippen MR) is 120 cm³/mol. The Morgan fingerprint density at radius 1 is 1.10 bits per heavy atom. The summed E-state index contributed by atoms with van der Waals surface area (Å²) >= 11 is 0. The van der Waals surface area contributed by atoms with E-state index in [-0.39, 0.29) is 18.0 Å². The lowest BCUT2D eigenvalue weighted by Gasteiger charge is -2.29. The van der Waals surface area contributed by atoms with Crippen LogP contribution in [0.25, 0.3) is 0 Å². The molecule has 2 aromatic rings. The fourth-order valence-corrected chi connectivity index (χ4v) is 4.30. The number of rotatable bonds is 6. The largest absolute Gasteiger partial charge is 0.372 e. The summed E-state index contributed by atoms with van der Waals surface area (Å²) in [6, 6.07) is 8.18. The van der Waals surface area contributed by atoms with Crippen molar-refractivity contribution < 1.29 is 4.79 Å². The number of hydrogen-bond donors (Lipinski definition) is 2. The third-order valence-corrected chi connectivity index (χ3v) is 6.13. The SMILES string of the molecule is CC(NC1CCc2nc(C(C)C)nn2C1)C(=O)Nc1ccc(N2CCCCC2)cc1. The first-order chi connectivity index (χ1) is 14.5. The van der Waals surface area contributed by atoms with Crippen molar-refractivity contribution >= 4 is 17.3 Å². The summed E-state index contributed by atoms with van der Waals surface area (Å²) in [5.41, 5.74) is 2.09. The summed E-state index contributed by atoms with van der Waals surface area (Å²) in [7, 11) is 0. The molecule has 0 spiro atoms. The molecule has 0 saturated carbocycles. The molecule has 0 bridgehead atoms. The quantitative estimate of drug-likeness (QED) is 0.764.